The third-order valence-electron chi connectivity index (χ3n) is 13.6. The first-order valence-electron chi connectivity index (χ1n) is 20.9. The summed E-state index contributed by atoms with van der Waals surface area (Å²) in [6.07, 6.45) is 0. The van der Waals surface area contributed by atoms with Crippen molar-refractivity contribution in [1.29, 1.82) is 0 Å². The summed E-state index contributed by atoms with van der Waals surface area (Å²) >= 11 is 0. The monoisotopic (exact) mass is 798 g/mol. The number of rotatable bonds is 5. The summed E-state index contributed by atoms with van der Waals surface area (Å²) in [5.74, 6) is -0.552. The molecule has 10 aromatic rings. The molecule has 0 fully saturated rings. The number of fused-ring (bicyclic) bond motifs is 8. The van der Waals surface area contributed by atoms with Crippen molar-refractivity contribution >= 4 is 21.5 Å². The summed E-state index contributed by atoms with van der Waals surface area (Å²) in [6.45, 7) is 0. The Morgan fingerprint density at radius 1 is 0.242 bits per heavy atom. The van der Waals surface area contributed by atoms with Gasteiger partial charge in [-0.15, -0.1) is 0 Å². The maximum Gasteiger partial charge on any atom is 0.158 e. The third kappa shape index (κ3) is 4.89. The SMILES string of the molecule is Oc1cc2ccc(C3(c4ccc(-c5ccc(C6(c7ccc8cc(O)c(O)cc8c7)c7ccccc7-c7ccccc76)cc5)cc4)c4ccccc4-c4ccccc43)cc2cc1O. The van der Waals surface area contributed by atoms with E-state index in [1.54, 1.807) is 24.3 Å². The first kappa shape index (κ1) is 35.8. The van der Waals surface area contributed by atoms with E-state index in [9.17, 15) is 20.4 Å². The average Bonchev–Trinajstić information content (AvgIpc) is 3.79. The van der Waals surface area contributed by atoms with E-state index < -0.39 is 10.8 Å². The van der Waals surface area contributed by atoms with Crippen molar-refractivity contribution in [2.24, 2.45) is 0 Å². The summed E-state index contributed by atoms with van der Waals surface area (Å²) in [4.78, 5) is 0. The summed E-state index contributed by atoms with van der Waals surface area (Å²) in [5.41, 5.74) is 14.9. The molecular weight excluding hydrogens is 761 g/mol. The molecule has 4 nitrogen and oxygen atoms in total. The molecule has 0 saturated carbocycles. The smallest absolute Gasteiger partial charge is 0.158 e. The number of aromatic hydroxyl groups is 4. The molecule has 0 radical (unpaired) electrons. The van der Waals surface area contributed by atoms with Gasteiger partial charge in [-0.25, -0.2) is 0 Å². The molecular formula is C58H38O4. The molecule has 0 aliphatic heterocycles. The lowest BCUT2D eigenvalue weighted by Gasteiger charge is -2.34. The molecule has 0 saturated heterocycles. The van der Waals surface area contributed by atoms with Gasteiger partial charge >= 0.3 is 0 Å². The van der Waals surface area contributed by atoms with Crippen LogP contribution in [0.5, 0.6) is 23.0 Å². The quantitative estimate of drug-likeness (QED) is 0.131. The van der Waals surface area contributed by atoms with E-state index in [0.29, 0.717) is 0 Å². The van der Waals surface area contributed by atoms with Gasteiger partial charge in [0.1, 0.15) is 0 Å². The Morgan fingerprint density at radius 3 is 0.839 bits per heavy atom. The Morgan fingerprint density at radius 2 is 0.516 bits per heavy atom. The van der Waals surface area contributed by atoms with E-state index in [1.165, 1.54) is 44.5 Å². The Bertz CT molecular complexity index is 3130. The van der Waals surface area contributed by atoms with Crippen LogP contribution in [0.25, 0.3) is 54.9 Å². The molecule has 12 rings (SSSR count). The highest BCUT2D eigenvalue weighted by atomic mass is 16.3. The molecule has 4 heteroatoms. The van der Waals surface area contributed by atoms with Crippen molar-refractivity contribution in [1.82, 2.24) is 0 Å². The van der Waals surface area contributed by atoms with Gasteiger partial charge in [0.25, 0.3) is 0 Å². The largest absolute Gasteiger partial charge is 0.504 e. The van der Waals surface area contributed by atoms with Crippen molar-refractivity contribution < 1.29 is 20.4 Å². The molecule has 2 aliphatic rings. The van der Waals surface area contributed by atoms with Crippen LogP contribution in [-0.2, 0) is 10.8 Å². The summed E-state index contributed by atoms with van der Waals surface area (Å²) in [5, 5.41) is 45.1. The minimum Gasteiger partial charge on any atom is -0.504 e. The molecule has 0 aromatic heterocycles. The average molecular weight is 799 g/mol. The topological polar surface area (TPSA) is 80.9 Å². The van der Waals surface area contributed by atoms with Gasteiger partial charge in [-0.3, -0.25) is 0 Å². The minimum atomic E-state index is -0.637. The molecule has 2 aliphatic carbocycles. The zero-order valence-corrected chi connectivity index (χ0v) is 33.4. The third-order valence-corrected chi connectivity index (χ3v) is 13.6. The lowest BCUT2D eigenvalue weighted by molar-refractivity contribution is 0.405. The number of hydrogen-bond donors (Lipinski definition) is 4. The summed E-state index contributed by atoms with van der Waals surface area (Å²) < 4.78 is 0. The summed E-state index contributed by atoms with van der Waals surface area (Å²) in [6, 6.07) is 71.7. The van der Waals surface area contributed by atoms with Gasteiger partial charge in [0.05, 0.1) is 10.8 Å². The molecule has 0 spiro atoms. The number of phenols is 4. The summed E-state index contributed by atoms with van der Waals surface area (Å²) in [7, 11) is 0. The lowest BCUT2D eigenvalue weighted by Crippen LogP contribution is -2.28. The highest BCUT2D eigenvalue weighted by molar-refractivity contribution is 5.93. The predicted molar refractivity (Wildman–Crippen MR) is 248 cm³/mol. The predicted octanol–water partition coefficient (Wildman–Crippen LogP) is 13.2. The number of phenolic OH excluding ortho intramolecular Hbond substituents is 4. The number of hydrogen-bond acceptors (Lipinski definition) is 4. The zero-order chi connectivity index (χ0) is 41.7. The molecule has 0 heterocycles. The zero-order valence-electron chi connectivity index (χ0n) is 33.4. The molecule has 0 bridgehead atoms. The van der Waals surface area contributed by atoms with E-state index in [-0.39, 0.29) is 23.0 Å². The van der Waals surface area contributed by atoms with Crippen LogP contribution in [0.3, 0.4) is 0 Å². The van der Waals surface area contributed by atoms with E-state index in [2.05, 4.69) is 170 Å². The van der Waals surface area contributed by atoms with Gasteiger partial charge in [-0.05, 0) is 136 Å². The second-order valence-corrected chi connectivity index (χ2v) is 16.6. The molecule has 294 valence electrons. The standard InChI is InChI=1S/C58H38O4/c59-53-31-37-21-27-43(29-39(37)33-55(53)61)57(49-13-5-1-9-45(49)46-10-2-6-14-50(46)57)41-23-17-35(18-24-41)36-19-25-42(26-20-36)58(44-28-22-38-32-54(60)56(62)34-40(38)30-44)51-15-7-3-11-47(51)48-12-4-8-16-52(48)58/h1-34,59-62H. The van der Waals surface area contributed by atoms with E-state index in [4.69, 9.17) is 0 Å². The van der Waals surface area contributed by atoms with Gasteiger partial charge in [-0.2, -0.15) is 0 Å². The van der Waals surface area contributed by atoms with Gasteiger partial charge in [0.2, 0.25) is 0 Å². The molecule has 62 heavy (non-hydrogen) atoms. The van der Waals surface area contributed by atoms with Crippen LogP contribution in [0.1, 0.15) is 44.5 Å². The number of benzene rings is 10. The maximum atomic E-state index is 10.5. The molecule has 10 aromatic carbocycles. The van der Waals surface area contributed by atoms with Gasteiger partial charge in [0.15, 0.2) is 23.0 Å². The fraction of sp³-hybridized carbons (Fsp3) is 0.0345. The first-order chi connectivity index (χ1) is 30.3. The van der Waals surface area contributed by atoms with Crippen LogP contribution in [0.4, 0.5) is 0 Å². The molecule has 0 atom stereocenters. The van der Waals surface area contributed by atoms with Gasteiger partial charge < -0.3 is 20.4 Å². The van der Waals surface area contributed by atoms with Crippen LogP contribution < -0.4 is 0 Å². The van der Waals surface area contributed by atoms with E-state index in [1.807, 2.05) is 12.1 Å². The maximum absolute atomic E-state index is 10.5. The Hall–Kier alpha value is -8.08. The fourth-order valence-corrected chi connectivity index (χ4v) is 10.9. The first-order valence-corrected chi connectivity index (χ1v) is 20.9. The van der Waals surface area contributed by atoms with Gasteiger partial charge in [0, 0.05) is 0 Å². The van der Waals surface area contributed by atoms with Crippen LogP contribution in [0, 0.1) is 0 Å². The highest BCUT2D eigenvalue weighted by Crippen LogP contribution is 2.58. The molecule has 0 unspecified atom stereocenters. The van der Waals surface area contributed by atoms with Crippen LogP contribution in [0.15, 0.2) is 206 Å². The highest BCUT2D eigenvalue weighted by Gasteiger charge is 2.47. The van der Waals surface area contributed by atoms with Gasteiger partial charge in [-0.1, -0.05) is 170 Å². The molecule has 0 amide bonds. The Labute approximate surface area is 358 Å². The minimum absolute atomic E-state index is 0.134. The second-order valence-electron chi connectivity index (χ2n) is 16.6. The van der Waals surface area contributed by atoms with Crippen LogP contribution in [-0.4, -0.2) is 20.4 Å². The van der Waals surface area contributed by atoms with Crippen LogP contribution >= 0.6 is 0 Å². The molecule has 4 N–H and O–H groups in total. The lowest BCUT2D eigenvalue weighted by atomic mass is 9.67. The van der Waals surface area contributed by atoms with Crippen molar-refractivity contribution in [3.63, 3.8) is 0 Å². The normalized spacial score (nSPS) is 14.0. The van der Waals surface area contributed by atoms with Crippen LogP contribution in [0.2, 0.25) is 0 Å². The Balaban J connectivity index is 1.01. The van der Waals surface area contributed by atoms with Crippen molar-refractivity contribution in [3.05, 3.63) is 251 Å². The second kappa shape index (κ2) is 13.2. The fourth-order valence-electron chi connectivity index (χ4n) is 10.9. The van der Waals surface area contributed by atoms with Crippen molar-refractivity contribution in [2.75, 3.05) is 0 Å². The van der Waals surface area contributed by atoms with Crippen molar-refractivity contribution in [3.8, 4) is 56.4 Å². The van der Waals surface area contributed by atoms with E-state index in [0.717, 1.165) is 54.9 Å². The van der Waals surface area contributed by atoms with E-state index >= 15 is 0 Å². The van der Waals surface area contributed by atoms with Crippen molar-refractivity contribution in [2.45, 2.75) is 10.8 Å². The Kier molecular flexibility index (Phi) is 7.63.